The van der Waals surface area contributed by atoms with Gasteiger partial charge in [0.05, 0.1) is 5.56 Å². The van der Waals surface area contributed by atoms with Gasteiger partial charge in [-0.3, -0.25) is 4.79 Å². The molecule has 0 aromatic heterocycles. The molecule has 0 spiro atoms. The number of benzene rings is 1. The number of Topliss-reactive ketones (excluding diaryl/α,β-unsaturated/α-hetero) is 1. The molecule has 2 N–H and O–H groups in total. The van der Waals surface area contributed by atoms with E-state index in [1.54, 1.807) is 0 Å². The van der Waals surface area contributed by atoms with E-state index in [-0.39, 0.29) is 11.3 Å². The molecule has 7 heteroatoms. The third kappa shape index (κ3) is 3.08. The van der Waals surface area contributed by atoms with Gasteiger partial charge in [-0.25, -0.2) is 8.78 Å². The smallest absolute Gasteiger partial charge is 0.387 e. The van der Waals surface area contributed by atoms with E-state index in [2.05, 4.69) is 4.74 Å². The molecule has 0 radical (unpaired) electrons. The van der Waals surface area contributed by atoms with Crippen molar-refractivity contribution in [2.45, 2.75) is 20.0 Å². The Morgan fingerprint density at radius 3 is 2.29 bits per heavy atom. The summed E-state index contributed by atoms with van der Waals surface area (Å²) in [6.07, 6.45) is -2.93. The fourth-order valence-electron chi connectivity index (χ4n) is 1.27. The normalized spacial score (nSPS) is 11.0. The second kappa shape index (κ2) is 5.03. The van der Waals surface area contributed by atoms with Gasteiger partial charge in [0.1, 0.15) is 5.75 Å². The number of hydrogen-bond acceptors (Lipinski definition) is 3. The van der Waals surface area contributed by atoms with Crippen LogP contribution >= 0.6 is 0 Å². The van der Waals surface area contributed by atoms with Gasteiger partial charge in [0.2, 0.25) is 0 Å². The number of ketones is 1. The quantitative estimate of drug-likeness (QED) is 0.508. The van der Waals surface area contributed by atoms with E-state index in [0.29, 0.717) is 6.07 Å². The third-order valence-electron chi connectivity index (χ3n) is 2.02. The lowest BCUT2D eigenvalue weighted by Crippen LogP contribution is -2.09. The Hall–Kier alpha value is -1.79. The van der Waals surface area contributed by atoms with Crippen LogP contribution < -0.4 is 10.5 Å². The van der Waals surface area contributed by atoms with Gasteiger partial charge in [-0.2, -0.15) is 8.78 Å². The van der Waals surface area contributed by atoms with Crippen molar-refractivity contribution in [2.24, 2.45) is 0 Å². The first kappa shape index (κ1) is 13.3. The van der Waals surface area contributed by atoms with Gasteiger partial charge < -0.3 is 10.5 Å². The number of hydrogen-bond donors (Lipinski definition) is 1. The van der Waals surface area contributed by atoms with Crippen LogP contribution in [-0.2, 0) is 0 Å². The van der Waals surface area contributed by atoms with E-state index in [1.165, 1.54) is 0 Å². The highest BCUT2D eigenvalue weighted by molar-refractivity contribution is 5.98. The Balaban J connectivity index is 3.31. The second-order valence-electron chi connectivity index (χ2n) is 3.21. The van der Waals surface area contributed by atoms with E-state index in [9.17, 15) is 22.4 Å². The molecule has 94 valence electrons. The van der Waals surface area contributed by atoms with Gasteiger partial charge >= 0.3 is 6.61 Å². The molecule has 0 saturated heterocycles. The summed E-state index contributed by atoms with van der Waals surface area (Å²) < 4.78 is 53.0. The molecule has 0 saturated carbocycles. The van der Waals surface area contributed by atoms with Crippen molar-refractivity contribution in [2.75, 3.05) is 5.73 Å². The predicted octanol–water partition coefficient (Wildman–Crippen LogP) is 3.01. The molecule has 0 fully saturated rings. The van der Waals surface area contributed by atoms with E-state index >= 15 is 0 Å². The average Bonchev–Trinajstić information content (AvgIpc) is 2.18. The minimum Gasteiger partial charge on any atom is -0.434 e. The monoisotopic (exact) mass is 251 g/mol. The van der Waals surface area contributed by atoms with Crippen molar-refractivity contribution in [3.63, 3.8) is 0 Å². The topological polar surface area (TPSA) is 52.3 Å². The van der Waals surface area contributed by atoms with Gasteiger partial charge in [-0.05, 0) is 19.1 Å². The van der Waals surface area contributed by atoms with Crippen molar-refractivity contribution < 1.29 is 27.1 Å². The number of nitrogen functional groups attached to an aromatic ring is 1. The SMILES string of the molecule is CC(=O)c1cc(N)c(C(F)F)cc1OC(F)F. The van der Waals surface area contributed by atoms with Gasteiger partial charge in [0.25, 0.3) is 6.43 Å². The Labute approximate surface area is 94.2 Å². The molecule has 0 aliphatic heterocycles. The van der Waals surface area contributed by atoms with Crippen LogP contribution in [0.25, 0.3) is 0 Å². The summed E-state index contributed by atoms with van der Waals surface area (Å²) in [6.45, 7) is -2.11. The Morgan fingerprint density at radius 2 is 1.88 bits per heavy atom. The lowest BCUT2D eigenvalue weighted by Gasteiger charge is -2.12. The van der Waals surface area contributed by atoms with Crippen LogP contribution in [0, 0.1) is 0 Å². The summed E-state index contributed by atoms with van der Waals surface area (Å²) in [6, 6.07) is 1.56. The Kier molecular flexibility index (Phi) is 3.93. The fraction of sp³-hybridized carbons (Fsp3) is 0.300. The number of alkyl halides is 4. The summed E-state index contributed by atoms with van der Waals surface area (Å²) in [4.78, 5) is 11.1. The molecule has 0 aliphatic carbocycles. The van der Waals surface area contributed by atoms with Crippen molar-refractivity contribution in [3.8, 4) is 5.75 Å². The van der Waals surface area contributed by atoms with Crippen molar-refractivity contribution >= 4 is 11.5 Å². The number of halogens is 4. The highest BCUT2D eigenvalue weighted by Crippen LogP contribution is 2.33. The second-order valence-corrected chi connectivity index (χ2v) is 3.21. The number of rotatable bonds is 4. The standard InChI is InChI=1S/C10H9F4NO2/c1-4(16)5-2-7(15)6(9(11)12)3-8(5)17-10(13)14/h2-3,9-10H,15H2,1H3. The van der Waals surface area contributed by atoms with Crippen LogP contribution in [-0.4, -0.2) is 12.4 Å². The van der Waals surface area contributed by atoms with Crippen LogP contribution in [0.4, 0.5) is 23.2 Å². The molecule has 1 aromatic rings. The number of ether oxygens (including phenoxy) is 1. The summed E-state index contributed by atoms with van der Waals surface area (Å²) in [5, 5.41) is 0. The van der Waals surface area contributed by atoms with Crippen molar-refractivity contribution in [1.82, 2.24) is 0 Å². The molecule has 0 bridgehead atoms. The maximum Gasteiger partial charge on any atom is 0.387 e. The van der Waals surface area contributed by atoms with Gasteiger partial charge in [0, 0.05) is 11.3 Å². The van der Waals surface area contributed by atoms with Crippen LogP contribution in [0.15, 0.2) is 12.1 Å². The molecular weight excluding hydrogens is 242 g/mol. The third-order valence-corrected chi connectivity index (χ3v) is 2.02. The zero-order chi connectivity index (χ0) is 13.2. The molecule has 0 aliphatic rings. The molecule has 3 nitrogen and oxygen atoms in total. The molecule has 0 unspecified atom stereocenters. The van der Waals surface area contributed by atoms with E-state index in [1.807, 2.05) is 0 Å². The minimum absolute atomic E-state index is 0.257. The number of nitrogens with two attached hydrogens (primary N) is 1. The zero-order valence-electron chi connectivity index (χ0n) is 8.72. The highest BCUT2D eigenvalue weighted by Gasteiger charge is 2.20. The van der Waals surface area contributed by atoms with Crippen LogP contribution in [0.3, 0.4) is 0 Å². The minimum atomic E-state index is -3.21. The molecule has 0 amide bonds. The molecule has 0 atom stereocenters. The number of carbonyl (C=O) groups is 1. The zero-order valence-corrected chi connectivity index (χ0v) is 8.72. The molecule has 0 heterocycles. The summed E-state index contributed by atoms with van der Waals surface area (Å²) in [5.74, 6) is -1.20. The summed E-state index contributed by atoms with van der Waals surface area (Å²) in [5.41, 5.74) is 4.04. The highest BCUT2D eigenvalue weighted by atomic mass is 19.3. The van der Waals surface area contributed by atoms with E-state index in [0.717, 1.165) is 13.0 Å². The first-order valence-corrected chi connectivity index (χ1v) is 4.50. The maximum absolute atomic E-state index is 12.5. The maximum atomic E-state index is 12.5. The number of carbonyl (C=O) groups excluding carboxylic acids is 1. The molecule has 17 heavy (non-hydrogen) atoms. The Bertz CT molecular complexity index is 435. The number of anilines is 1. The predicted molar refractivity (Wildman–Crippen MR) is 52.4 cm³/mol. The molecule has 1 rings (SSSR count). The van der Waals surface area contributed by atoms with Crippen LogP contribution in [0.5, 0.6) is 5.75 Å². The van der Waals surface area contributed by atoms with Gasteiger partial charge in [-0.15, -0.1) is 0 Å². The van der Waals surface area contributed by atoms with Crippen LogP contribution in [0.2, 0.25) is 0 Å². The first-order chi connectivity index (χ1) is 7.82. The largest absolute Gasteiger partial charge is 0.434 e. The first-order valence-electron chi connectivity index (χ1n) is 4.50. The molecular formula is C10H9F4NO2. The fourth-order valence-corrected chi connectivity index (χ4v) is 1.27. The lowest BCUT2D eigenvalue weighted by molar-refractivity contribution is -0.0503. The van der Waals surface area contributed by atoms with E-state index < -0.39 is 30.1 Å². The average molecular weight is 251 g/mol. The van der Waals surface area contributed by atoms with E-state index in [4.69, 9.17) is 5.73 Å². The van der Waals surface area contributed by atoms with Gasteiger partial charge in [0.15, 0.2) is 5.78 Å². The Morgan fingerprint density at radius 1 is 1.29 bits per heavy atom. The van der Waals surface area contributed by atoms with Gasteiger partial charge in [-0.1, -0.05) is 0 Å². The summed E-state index contributed by atoms with van der Waals surface area (Å²) >= 11 is 0. The van der Waals surface area contributed by atoms with Crippen molar-refractivity contribution in [1.29, 1.82) is 0 Å². The summed E-state index contributed by atoms with van der Waals surface area (Å²) in [7, 11) is 0. The van der Waals surface area contributed by atoms with Crippen LogP contribution in [0.1, 0.15) is 29.3 Å². The van der Waals surface area contributed by atoms with Crippen molar-refractivity contribution in [3.05, 3.63) is 23.3 Å². The molecule has 1 aromatic carbocycles. The lowest BCUT2D eigenvalue weighted by atomic mass is 10.1.